The van der Waals surface area contributed by atoms with Gasteiger partial charge < -0.3 is 4.90 Å². The van der Waals surface area contributed by atoms with Crippen LogP contribution in [0.3, 0.4) is 0 Å². The van der Waals surface area contributed by atoms with E-state index in [1.807, 2.05) is 24.3 Å². The van der Waals surface area contributed by atoms with E-state index in [0.717, 1.165) is 39.3 Å². The van der Waals surface area contributed by atoms with Crippen LogP contribution in [0.4, 0.5) is 17.1 Å². The molecule has 0 aliphatic carbocycles. The molecule has 0 spiro atoms. The van der Waals surface area contributed by atoms with Crippen LogP contribution in [0.2, 0.25) is 0 Å². The SMILES string of the molecule is N#Cc1ccc(N(c2cccc(-c3ccc4c5ccccc5c5ccccc5c4c3)c2)c2cccc(-c3ccc4c5ccccc5c5ccccc5c4c3)c2)cc1. The molecular weight excluding hydrogens is 689 g/mol. The van der Waals surface area contributed by atoms with Crippen molar-refractivity contribution in [3.8, 4) is 28.3 Å². The summed E-state index contributed by atoms with van der Waals surface area (Å²) in [7, 11) is 0. The molecule has 0 amide bonds. The van der Waals surface area contributed by atoms with Gasteiger partial charge in [-0.05, 0) is 148 Å². The van der Waals surface area contributed by atoms with Gasteiger partial charge >= 0.3 is 0 Å². The van der Waals surface area contributed by atoms with E-state index < -0.39 is 0 Å². The number of hydrogen-bond acceptors (Lipinski definition) is 2. The van der Waals surface area contributed by atoms with Crippen LogP contribution in [-0.4, -0.2) is 0 Å². The molecule has 0 bridgehead atoms. The van der Waals surface area contributed by atoms with Crippen molar-refractivity contribution in [1.82, 2.24) is 0 Å². The smallest absolute Gasteiger partial charge is 0.0991 e. The highest BCUT2D eigenvalue weighted by Gasteiger charge is 2.17. The van der Waals surface area contributed by atoms with Crippen molar-refractivity contribution in [3.05, 3.63) is 212 Å². The van der Waals surface area contributed by atoms with Crippen LogP contribution in [0, 0.1) is 11.3 Å². The first-order chi connectivity index (χ1) is 28.2. The number of nitriles is 1. The lowest BCUT2D eigenvalue weighted by Crippen LogP contribution is -2.10. The van der Waals surface area contributed by atoms with E-state index in [0.29, 0.717) is 5.56 Å². The van der Waals surface area contributed by atoms with Gasteiger partial charge in [0.05, 0.1) is 11.6 Å². The summed E-state index contributed by atoms with van der Waals surface area (Å²) in [5.74, 6) is 0. The Balaban J connectivity index is 1.06. The van der Waals surface area contributed by atoms with E-state index in [9.17, 15) is 5.26 Å². The molecule has 0 saturated carbocycles. The second kappa shape index (κ2) is 13.2. The molecule has 0 aliphatic rings. The third-order valence-corrected chi connectivity index (χ3v) is 11.6. The van der Waals surface area contributed by atoms with Gasteiger partial charge in [0, 0.05) is 17.1 Å². The van der Waals surface area contributed by atoms with E-state index in [-0.39, 0.29) is 0 Å². The van der Waals surface area contributed by atoms with Gasteiger partial charge in [-0.1, -0.05) is 146 Å². The van der Waals surface area contributed by atoms with E-state index in [2.05, 4.69) is 193 Å². The number of rotatable bonds is 5. The number of hydrogen-bond donors (Lipinski definition) is 0. The fourth-order valence-electron chi connectivity index (χ4n) is 8.96. The van der Waals surface area contributed by atoms with Crippen molar-refractivity contribution in [3.63, 3.8) is 0 Å². The molecular formula is C55H34N2. The average Bonchev–Trinajstić information content (AvgIpc) is 3.29. The standard InChI is InChI=1S/C55H34N2/c56-35-36-23-27-41(28-24-36)57(42-13-9-11-37(31-42)39-25-29-52-48-19-3-1-15-44(48)46-17-5-7-21-50(46)54(52)33-39)43-14-10-12-38(32-43)40-26-30-53-49-20-4-2-16-45(49)47-18-6-8-22-51(47)55(53)34-40/h1-34H. The maximum Gasteiger partial charge on any atom is 0.0991 e. The minimum atomic E-state index is 0.632. The zero-order chi connectivity index (χ0) is 37.9. The molecule has 0 heterocycles. The fraction of sp³-hybridized carbons (Fsp3) is 0. The monoisotopic (exact) mass is 722 g/mol. The molecule has 57 heavy (non-hydrogen) atoms. The zero-order valence-corrected chi connectivity index (χ0v) is 31.0. The molecule has 0 unspecified atom stereocenters. The molecule has 11 aromatic rings. The van der Waals surface area contributed by atoms with Crippen LogP contribution < -0.4 is 4.90 Å². The largest absolute Gasteiger partial charge is 0.310 e. The summed E-state index contributed by atoms with van der Waals surface area (Å²) in [4.78, 5) is 2.29. The van der Waals surface area contributed by atoms with Crippen LogP contribution in [0.25, 0.3) is 86.9 Å². The lowest BCUT2D eigenvalue weighted by molar-refractivity contribution is 1.28. The Hall–Kier alpha value is -7.73. The summed E-state index contributed by atoms with van der Waals surface area (Å²) in [5, 5.41) is 24.8. The van der Waals surface area contributed by atoms with Gasteiger partial charge in [-0.3, -0.25) is 0 Å². The second-order valence-corrected chi connectivity index (χ2v) is 14.8. The highest BCUT2D eigenvalue weighted by Crippen LogP contribution is 2.42. The summed E-state index contributed by atoms with van der Waals surface area (Å²) in [6, 6.07) is 76.4. The number of nitrogens with zero attached hydrogens (tertiary/aromatic N) is 2. The molecule has 2 nitrogen and oxygen atoms in total. The lowest BCUT2D eigenvalue weighted by atomic mass is 9.92. The normalized spacial score (nSPS) is 11.5. The van der Waals surface area contributed by atoms with Crippen molar-refractivity contribution < 1.29 is 0 Å². The predicted octanol–water partition coefficient (Wildman–Crippen LogP) is 15.3. The molecule has 2 heteroatoms. The molecule has 0 fully saturated rings. The topological polar surface area (TPSA) is 27.0 Å². The third-order valence-electron chi connectivity index (χ3n) is 11.6. The number of fused-ring (bicyclic) bond motifs is 12. The first-order valence-corrected chi connectivity index (χ1v) is 19.4. The first-order valence-electron chi connectivity index (χ1n) is 19.4. The van der Waals surface area contributed by atoms with E-state index in [1.165, 1.54) is 64.6 Å². The Bertz CT molecular complexity index is 3150. The highest BCUT2D eigenvalue weighted by atomic mass is 15.1. The van der Waals surface area contributed by atoms with Crippen LogP contribution in [0.1, 0.15) is 5.56 Å². The molecule has 0 aromatic heterocycles. The van der Waals surface area contributed by atoms with Crippen molar-refractivity contribution in [1.29, 1.82) is 5.26 Å². The Morgan fingerprint density at radius 2 is 0.596 bits per heavy atom. The van der Waals surface area contributed by atoms with Gasteiger partial charge in [0.2, 0.25) is 0 Å². The molecule has 0 saturated heterocycles. The number of benzene rings is 11. The summed E-state index contributed by atoms with van der Waals surface area (Å²) in [6.07, 6.45) is 0. The van der Waals surface area contributed by atoms with E-state index in [4.69, 9.17) is 0 Å². The van der Waals surface area contributed by atoms with E-state index >= 15 is 0 Å². The summed E-state index contributed by atoms with van der Waals surface area (Å²) >= 11 is 0. The molecule has 0 aliphatic heterocycles. The summed E-state index contributed by atoms with van der Waals surface area (Å²) in [6.45, 7) is 0. The third kappa shape index (κ3) is 5.41. The van der Waals surface area contributed by atoms with Gasteiger partial charge in [0.1, 0.15) is 0 Å². The average molecular weight is 723 g/mol. The van der Waals surface area contributed by atoms with Gasteiger partial charge in [0.15, 0.2) is 0 Å². The quantitative estimate of drug-likeness (QED) is 0.165. The van der Waals surface area contributed by atoms with Gasteiger partial charge in [0.25, 0.3) is 0 Å². The maximum absolute atomic E-state index is 9.66. The molecule has 11 rings (SSSR count). The van der Waals surface area contributed by atoms with Crippen molar-refractivity contribution in [2.45, 2.75) is 0 Å². The van der Waals surface area contributed by atoms with Crippen molar-refractivity contribution in [2.75, 3.05) is 4.90 Å². The fourth-order valence-corrected chi connectivity index (χ4v) is 8.96. The molecule has 11 aromatic carbocycles. The Labute approximate surface area is 330 Å². The van der Waals surface area contributed by atoms with E-state index in [1.54, 1.807) is 0 Å². The van der Waals surface area contributed by atoms with Gasteiger partial charge in [-0.25, -0.2) is 0 Å². The lowest BCUT2D eigenvalue weighted by Gasteiger charge is -2.26. The molecule has 264 valence electrons. The van der Waals surface area contributed by atoms with Gasteiger partial charge in [-0.2, -0.15) is 5.26 Å². The van der Waals surface area contributed by atoms with Crippen molar-refractivity contribution in [2.24, 2.45) is 0 Å². The molecule has 0 radical (unpaired) electrons. The Morgan fingerprint density at radius 3 is 0.965 bits per heavy atom. The van der Waals surface area contributed by atoms with Crippen LogP contribution in [0.5, 0.6) is 0 Å². The maximum atomic E-state index is 9.66. The Morgan fingerprint density at radius 1 is 0.263 bits per heavy atom. The minimum Gasteiger partial charge on any atom is -0.310 e. The predicted molar refractivity (Wildman–Crippen MR) is 242 cm³/mol. The first kappa shape index (κ1) is 32.7. The molecule has 0 atom stereocenters. The zero-order valence-electron chi connectivity index (χ0n) is 31.0. The van der Waals surface area contributed by atoms with Crippen LogP contribution in [0.15, 0.2) is 206 Å². The van der Waals surface area contributed by atoms with Crippen molar-refractivity contribution >= 4 is 81.7 Å². The van der Waals surface area contributed by atoms with Crippen LogP contribution in [-0.2, 0) is 0 Å². The van der Waals surface area contributed by atoms with Gasteiger partial charge in [-0.15, -0.1) is 0 Å². The summed E-state index contributed by atoms with van der Waals surface area (Å²) < 4.78 is 0. The highest BCUT2D eigenvalue weighted by molar-refractivity contribution is 6.27. The second-order valence-electron chi connectivity index (χ2n) is 14.8. The minimum absolute atomic E-state index is 0.632. The Kier molecular flexibility index (Phi) is 7.59. The number of anilines is 3. The summed E-state index contributed by atoms with van der Waals surface area (Å²) in [5.41, 5.74) is 8.28. The van der Waals surface area contributed by atoms with Crippen LogP contribution >= 0.6 is 0 Å². The molecule has 0 N–H and O–H groups in total.